The summed E-state index contributed by atoms with van der Waals surface area (Å²) in [6, 6.07) is 51.9. The number of nitrogens with zero attached hydrogens (tertiary/aromatic N) is 1. The van der Waals surface area contributed by atoms with Gasteiger partial charge in [-0.25, -0.2) is 0 Å². The number of anilines is 2. The summed E-state index contributed by atoms with van der Waals surface area (Å²) in [6.07, 6.45) is 12.9. The van der Waals surface area contributed by atoms with Gasteiger partial charge in [0.05, 0.1) is 5.41 Å². The van der Waals surface area contributed by atoms with E-state index in [0.29, 0.717) is 5.92 Å². The molecule has 0 spiro atoms. The monoisotopic (exact) mass is 751 g/mol. The molecule has 3 unspecified atom stereocenters. The molecular weight excluding hydrogens is 703 g/mol. The van der Waals surface area contributed by atoms with Crippen LogP contribution in [0.5, 0.6) is 5.75 Å². The molecule has 6 aromatic rings. The summed E-state index contributed by atoms with van der Waals surface area (Å²) in [5, 5.41) is 0. The third kappa shape index (κ3) is 5.17. The van der Waals surface area contributed by atoms with E-state index in [1.54, 1.807) is 0 Å². The van der Waals surface area contributed by atoms with E-state index < -0.39 is 0 Å². The first kappa shape index (κ1) is 35.1. The van der Waals surface area contributed by atoms with Crippen LogP contribution in [0.3, 0.4) is 0 Å². The predicted molar refractivity (Wildman–Crippen MR) is 242 cm³/mol. The fraction of sp³-hybridized carbons (Fsp3) is 0.214. The number of rotatable bonds is 6. The predicted octanol–water partition coefficient (Wildman–Crippen LogP) is 13.8. The zero-order valence-electron chi connectivity index (χ0n) is 34.1. The van der Waals surface area contributed by atoms with Gasteiger partial charge in [0.2, 0.25) is 0 Å². The summed E-state index contributed by atoms with van der Waals surface area (Å²) < 4.78 is 6.84. The second-order valence-electron chi connectivity index (χ2n) is 18.3. The molecule has 0 fully saturated rings. The lowest BCUT2D eigenvalue weighted by Gasteiger charge is -2.34. The van der Waals surface area contributed by atoms with Crippen LogP contribution in [-0.4, -0.2) is 12.6 Å². The van der Waals surface area contributed by atoms with Gasteiger partial charge in [0.15, 0.2) is 0 Å². The van der Waals surface area contributed by atoms with Crippen molar-refractivity contribution in [2.45, 2.75) is 63.4 Å². The number of ether oxygens (including phenoxy) is 1. The Balaban J connectivity index is 0.970. The van der Waals surface area contributed by atoms with Gasteiger partial charge in [0.1, 0.15) is 11.9 Å². The zero-order chi connectivity index (χ0) is 39.4. The Morgan fingerprint density at radius 2 is 1.24 bits per heavy atom. The van der Waals surface area contributed by atoms with E-state index in [2.05, 4.69) is 209 Å². The van der Waals surface area contributed by atoms with Crippen molar-refractivity contribution >= 4 is 22.5 Å². The van der Waals surface area contributed by atoms with Crippen LogP contribution in [0.15, 0.2) is 175 Å². The Kier molecular flexibility index (Phi) is 7.67. The van der Waals surface area contributed by atoms with Gasteiger partial charge >= 0.3 is 0 Å². The molecule has 0 amide bonds. The highest BCUT2D eigenvalue weighted by atomic mass is 16.5. The summed E-state index contributed by atoms with van der Waals surface area (Å²) in [7, 11) is 0. The molecule has 1 aliphatic heterocycles. The van der Waals surface area contributed by atoms with Crippen molar-refractivity contribution in [2.75, 3.05) is 11.4 Å². The van der Waals surface area contributed by atoms with E-state index in [-0.39, 0.29) is 22.3 Å². The van der Waals surface area contributed by atoms with E-state index in [1.807, 2.05) is 0 Å². The minimum atomic E-state index is -0.199. The molecule has 284 valence electrons. The molecule has 2 nitrogen and oxygen atoms in total. The van der Waals surface area contributed by atoms with Crippen LogP contribution in [0.25, 0.3) is 33.4 Å². The molecule has 6 aromatic carbocycles. The molecule has 11 rings (SSSR count). The molecular formula is C56H49NO. The van der Waals surface area contributed by atoms with Crippen molar-refractivity contribution < 1.29 is 4.74 Å². The van der Waals surface area contributed by atoms with Gasteiger partial charge < -0.3 is 9.64 Å². The Hall–Kier alpha value is -6.12. The van der Waals surface area contributed by atoms with Crippen LogP contribution >= 0.6 is 0 Å². The maximum absolute atomic E-state index is 6.84. The maximum atomic E-state index is 6.84. The Bertz CT molecular complexity index is 2780. The number of para-hydroxylation sites is 1. The zero-order valence-corrected chi connectivity index (χ0v) is 34.1. The van der Waals surface area contributed by atoms with E-state index >= 15 is 0 Å². The molecule has 1 heterocycles. The van der Waals surface area contributed by atoms with E-state index in [4.69, 9.17) is 4.74 Å². The topological polar surface area (TPSA) is 12.5 Å². The summed E-state index contributed by atoms with van der Waals surface area (Å²) >= 11 is 0. The molecule has 0 saturated heterocycles. The average Bonchev–Trinajstić information content (AvgIpc) is 3.78. The number of fused-ring (bicyclic) bond motifs is 9. The maximum Gasteiger partial charge on any atom is 0.138 e. The lowest BCUT2D eigenvalue weighted by atomic mass is 9.70. The SMILES string of the molecule is CC1(C)C2=C(c3ccc(N(CC4C=C(c5ccccc5)C=CC4)c4ccc(-c5ccc6c(c5)C(C)(C)c5ccccc5-6)cc4)cc31)C1Oc3ccccc3C1(C)C=C2. The third-order valence-corrected chi connectivity index (χ3v) is 14.1. The molecule has 4 aliphatic carbocycles. The number of hydrogen-bond acceptors (Lipinski definition) is 2. The molecule has 3 atom stereocenters. The van der Waals surface area contributed by atoms with Crippen molar-refractivity contribution in [2.24, 2.45) is 5.92 Å². The van der Waals surface area contributed by atoms with Crippen molar-refractivity contribution in [3.8, 4) is 28.0 Å². The van der Waals surface area contributed by atoms with Gasteiger partial charge in [0.25, 0.3) is 0 Å². The van der Waals surface area contributed by atoms with Crippen molar-refractivity contribution in [1.29, 1.82) is 0 Å². The molecule has 0 saturated carbocycles. The fourth-order valence-electron chi connectivity index (χ4n) is 10.9. The van der Waals surface area contributed by atoms with Gasteiger partial charge in [0, 0.05) is 39.9 Å². The first-order valence-corrected chi connectivity index (χ1v) is 21.0. The molecule has 5 aliphatic rings. The van der Waals surface area contributed by atoms with Crippen molar-refractivity contribution in [1.82, 2.24) is 0 Å². The molecule has 0 radical (unpaired) electrons. The van der Waals surface area contributed by atoms with Crippen LogP contribution in [0.1, 0.15) is 74.4 Å². The van der Waals surface area contributed by atoms with Crippen molar-refractivity contribution in [3.05, 3.63) is 209 Å². The summed E-state index contributed by atoms with van der Waals surface area (Å²) in [6.45, 7) is 12.7. The highest BCUT2D eigenvalue weighted by Gasteiger charge is 2.52. The van der Waals surface area contributed by atoms with Crippen LogP contribution in [-0.2, 0) is 16.2 Å². The van der Waals surface area contributed by atoms with Crippen LogP contribution < -0.4 is 9.64 Å². The summed E-state index contributed by atoms with van der Waals surface area (Å²) in [4.78, 5) is 2.56. The Morgan fingerprint density at radius 3 is 2.07 bits per heavy atom. The second-order valence-corrected chi connectivity index (χ2v) is 18.3. The molecule has 2 heteroatoms. The largest absolute Gasteiger partial charge is 0.484 e. The standard InChI is InChI=1S/C56H49NO/c1-54(2)46-19-10-9-18-43(46)44-28-24-40(33-49(44)54)38-22-25-41(26-23-38)57(35-36-14-13-17-39(32-36)37-15-7-6-8-16-37)42-27-29-45-50(34-42)55(3,4)48-30-31-56(5)47-20-11-12-21-51(47)58-53(56)52(45)48/h6-13,15-34,36,53H,14,35H2,1-5H3. The normalized spacial score (nSPS) is 22.3. The molecule has 58 heavy (non-hydrogen) atoms. The van der Waals surface area contributed by atoms with E-state index in [9.17, 15) is 0 Å². The minimum Gasteiger partial charge on any atom is -0.484 e. The fourth-order valence-corrected chi connectivity index (χ4v) is 10.9. The highest BCUT2D eigenvalue weighted by molar-refractivity contribution is 5.90. The molecule has 0 N–H and O–H groups in total. The minimum absolute atomic E-state index is 0.0308. The van der Waals surface area contributed by atoms with Gasteiger partial charge in [-0.15, -0.1) is 0 Å². The third-order valence-electron chi connectivity index (χ3n) is 14.1. The first-order valence-electron chi connectivity index (χ1n) is 21.0. The summed E-state index contributed by atoms with van der Waals surface area (Å²) in [5.41, 5.74) is 19.3. The summed E-state index contributed by atoms with van der Waals surface area (Å²) in [5.74, 6) is 1.35. The van der Waals surface area contributed by atoms with Gasteiger partial charge in [-0.05, 0) is 117 Å². The van der Waals surface area contributed by atoms with Crippen LogP contribution in [0.2, 0.25) is 0 Å². The lowest BCUT2D eigenvalue weighted by Crippen LogP contribution is -2.37. The van der Waals surface area contributed by atoms with Gasteiger partial charge in [-0.1, -0.05) is 161 Å². The Labute approximate surface area is 343 Å². The molecule has 0 aromatic heterocycles. The van der Waals surface area contributed by atoms with Gasteiger partial charge in [-0.3, -0.25) is 0 Å². The van der Waals surface area contributed by atoms with E-state index in [0.717, 1.165) is 18.7 Å². The van der Waals surface area contributed by atoms with E-state index in [1.165, 1.54) is 83.7 Å². The smallest absolute Gasteiger partial charge is 0.138 e. The average molecular weight is 752 g/mol. The molecule has 0 bridgehead atoms. The van der Waals surface area contributed by atoms with Crippen molar-refractivity contribution in [3.63, 3.8) is 0 Å². The lowest BCUT2D eigenvalue weighted by molar-refractivity contribution is 0.236. The highest BCUT2D eigenvalue weighted by Crippen LogP contribution is 2.59. The second kappa shape index (κ2) is 12.7. The van der Waals surface area contributed by atoms with Gasteiger partial charge in [-0.2, -0.15) is 0 Å². The Morgan fingerprint density at radius 1 is 0.569 bits per heavy atom. The quantitative estimate of drug-likeness (QED) is 0.168. The van der Waals surface area contributed by atoms with Crippen LogP contribution in [0.4, 0.5) is 11.4 Å². The number of hydrogen-bond donors (Lipinski definition) is 0. The van der Waals surface area contributed by atoms with Crippen LogP contribution in [0, 0.1) is 5.92 Å². The number of benzene rings is 6. The first-order chi connectivity index (χ1) is 28.1. The number of allylic oxidation sites excluding steroid dienone is 5.